The number of rotatable bonds is 5. The average molecular weight is 319 g/mol. The largest absolute Gasteiger partial charge is 0.342 e. The van der Waals surface area contributed by atoms with E-state index in [0.717, 1.165) is 17.4 Å². The molecule has 2 nitrogen and oxygen atoms in total. The predicted molar refractivity (Wildman–Crippen MR) is 86.0 cm³/mol. The van der Waals surface area contributed by atoms with Crippen LogP contribution in [-0.4, -0.2) is 13.1 Å². The minimum atomic E-state index is 0.662. The van der Waals surface area contributed by atoms with E-state index in [1.165, 1.54) is 16.9 Å². The Labute approximate surface area is 123 Å². The summed E-state index contributed by atoms with van der Waals surface area (Å²) < 4.78 is 1.10. The number of benzene rings is 2. The fourth-order valence-corrected chi connectivity index (χ4v) is 2.68. The minimum absolute atomic E-state index is 0.662. The van der Waals surface area contributed by atoms with Gasteiger partial charge in [0.25, 0.3) is 0 Å². The van der Waals surface area contributed by atoms with E-state index in [1.807, 2.05) is 6.07 Å². The standard InChI is InChI=1S/C16H19BrN2/c1-2-19(15-6-4-3-5-7-15)16-9-8-14(17)12-13(16)10-11-18/h3-9,12H,2,10-11,18H2,1H3. The molecule has 0 aliphatic carbocycles. The Bertz CT molecular complexity index is 526. The lowest BCUT2D eigenvalue weighted by Gasteiger charge is -2.26. The Morgan fingerprint density at radius 2 is 1.84 bits per heavy atom. The highest BCUT2D eigenvalue weighted by Gasteiger charge is 2.11. The lowest BCUT2D eigenvalue weighted by molar-refractivity contribution is 0.941. The Morgan fingerprint density at radius 3 is 2.47 bits per heavy atom. The second-order valence-electron chi connectivity index (χ2n) is 4.39. The number of para-hydroxylation sites is 1. The van der Waals surface area contributed by atoms with Gasteiger partial charge in [-0.2, -0.15) is 0 Å². The van der Waals surface area contributed by atoms with E-state index in [4.69, 9.17) is 5.73 Å². The SMILES string of the molecule is CCN(c1ccccc1)c1ccc(Br)cc1CCN. The van der Waals surface area contributed by atoms with Crippen molar-refractivity contribution in [1.82, 2.24) is 0 Å². The third-order valence-corrected chi connectivity index (χ3v) is 3.62. The van der Waals surface area contributed by atoms with E-state index in [-0.39, 0.29) is 0 Å². The fourth-order valence-electron chi connectivity index (χ4n) is 2.27. The van der Waals surface area contributed by atoms with Crippen LogP contribution < -0.4 is 10.6 Å². The van der Waals surface area contributed by atoms with Crippen molar-refractivity contribution in [2.75, 3.05) is 18.0 Å². The highest BCUT2D eigenvalue weighted by atomic mass is 79.9. The van der Waals surface area contributed by atoms with Gasteiger partial charge in [0.1, 0.15) is 0 Å². The van der Waals surface area contributed by atoms with Crippen molar-refractivity contribution >= 4 is 27.3 Å². The molecule has 0 unspecified atom stereocenters. The Kier molecular flexibility index (Phi) is 5.00. The van der Waals surface area contributed by atoms with Crippen molar-refractivity contribution in [3.8, 4) is 0 Å². The molecule has 2 aromatic carbocycles. The lowest BCUT2D eigenvalue weighted by atomic mass is 10.1. The van der Waals surface area contributed by atoms with Crippen LogP contribution in [0.15, 0.2) is 53.0 Å². The topological polar surface area (TPSA) is 29.3 Å². The summed E-state index contributed by atoms with van der Waals surface area (Å²) in [5.41, 5.74) is 9.46. The second-order valence-corrected chi connectivity index (χ2v) is 5.31. The van der Waals surface area contributed by atoms with Crippen LogP contribution >= 0.6 is 15.9 Å². The van der Waals surface area contributed by atoms with Crippen molar-refractivity contribution in [3.63, 3.8) is 0 Å². The van der Waals surface area contributed by atoms with Crippen LogP contribution in [0.4, 0.5) is 11.4 Å². The first-order valence-electron chi connectivity index (χ1n) is 6.57. The van der Waals surface area contributed by atoms with Crippen molar-refractivity contribution in [3.05, 3.63) is 58.6 Å². The maximum atomic E-state index is 5.73. The highest BCUT2D eigenvalue weighted by molar-refractivity contribution is 9.10. The van der Waals surface area contributed by atoms with E-state index >= 15 is 0 Å². The molecule has 19 heavy (non-hydrogen) atoms. The summed E-state index contributed by atoms with van der Waals surface area (Å²) in [4.78, 5) is 2.32. The number of hydrogen-bond acceptors (Lipinski definition) is 2. The molecule has 3 heteroatoms. The van der Waals surface area contributed by atoms with Gasteiger partial charge in [-0.1, -0.05) is 34.1 Å². The lowest BCUT2D eigenvalue weighted by Crippen LogP contribution is -2.18. The van der Waals surface area contributed by atoms with Gasteiger partial charge >= 0.3 is 0 Å². The van der Waals surface area contributed by atoms with Gasteiger partial charge in [0.15, 0.2) is 0 Å². The fraction of sp³-hybridized carbons (Fsp3) is 0.250. The monoisotopic (exact) mass is 318 g/mol. The van der Waals surface area contributed by atoms with Crippen LogP contribution in [-0.2, 0) is 6.42 Å². The first-order valence-corrected chi connectivity index (χ1v) is 7.36. The second kappa shape index (κ2) is 6.73. The first kappa shape index (κ1) is 14.1. The molecule has 0 atom stereocenters. The van der Waals surface area contributed by atoms with Crippen LogP contribution in [0.1, 0.15) is 12.5 Å². The third kappa shape index (κ3) is 3.37. The van der Waals surface area contributed by atoms with Gasteiger partial charge in [-0.3, -0.25) is 0 Å². The quantitative estimate of drug-likeness (QED) is 0.899. The van der Waals surface area contributed by atoms with Crippen molar-refractivity contribution in [1.29, 1.82) is 0 Å². The molecular weight excluding hydrogens is 300 g/mol. The van der Waals surface area contributed by atoms with E-state index in [2.05, 4.69) is 70.2 Å². The smallest absolute Gasteiger partial charge is 0.0444 e. The van der Waals surface area contributed by atoms with Crippen LogP contribution in [0.2, 0.25) is 0 Å². The van der Waals surface area contributed by atoms with Gasteiger partial charge < -0.3 is 10.6 Å². The summed E-state index contributed by atoms with van der Waals surface area (Å²) in [6.07, 6.45) is 0.887. The Hall–Kier alpha value is -1.32. The molecule has 0 aliphatic rings. The summed E-state index contributed by atoms with van der Waals surface area (Å²) in [6, 6.07) is 16.9. The maximum Gasteiger partial charge on any atom is 0.0444 e. The molecule has 100 valence electrons. The zero-order valence-corrected chi connectivity index (χ0v) is 12.7. The van der Waals surface area contributed by atoms with Crippen LogP contribution in [0.3, 0.4) is 0 Å². The van der Waals surface area contributed by atoms with Crippen LogP contribution in [0.25, 0.3) is 0 Å². The zero-order valence-electron chi connectivity index (χ0n) is 11.1. The number of anilines is 2. The zero-order chi connectivity index (χ0) is 13.7. The summed E-state index contributed by atoms with van der Waals surface area (Å²) in [6.45, 7) is 3.76. The van der Waals surface area contributed by atoms with Gasteiger partial charge in [-0.15, -0.1) is 0 Å². The van der Waals surface area contributed by atoms with E-state index in [9.17, 15) is 0 Å². The summed E-state index contributed by atoms with van der Waals surface area (Å²) in [5, 5.41) is 0. The molecule has 2 N–H and O–H groups in total. The summed E-state index contributed by atoms with van der Waals surface area (Å²) in [7, 11) is 0. The number of halogens is 1. The predicted octanol–water partition coefficient (Wildman–Crippen LogP) is 4.11. The number of nitrogens with two attached hydrogens (primary N) is 1. The van der Waals surface area contributed by atoms with Gasteiger partial charge in [0, 0.05) is 22.4 Å². The number of hydrogen-bond donors (Lipinski definition) is 1. The molecule has 2 aromatic rings. The third-order valence-electron chi connectivity index (χ3n) is 3.13. The van der Waals surface area contributed by atoms with Crippen molar-refractivity contribution in [2.24, 2.45) is 5.73 Å². The van der Waals surface area contributed by atoms with Crippen molar-refractivity contribution < 1.29 is 0 Å². The van der Waals surface area contributed by atoms with E-state index in [1.54, 1.807) is 0 Å². The molecule has 0 amide bonds. The van der Waals surface area contributed by atoms with Crippen LogP contribution in [0.5, 0.6) is 0 Å². The Morgan fingerprint density at radius 1 is 1.11 bits per heavy atom. The van der Waals surface area contributed by atoms with Gasteiger partial charge in [-0.05, 0) is 55.8 Å². The molecule has 0 saturated carbocycles. The average Bonchev–Trinajstić information content (AvgIpc) is 2.43. The summed E-state index contributed by atoms with van der Waals surface area (Å²) in [5.74, 6) is 0. The van der Waals surface area contributed by atoms with Gasteiger partial charge in [0.2, 0.25) is 0 Å². The van der Waals surface area contributed by atoms with Crippen LogP contribution in [0, 0.1) is 0 Å². The van der Waals surface area contributed by atoms with Crippen molar-refractivity contribution in [2.45, 2.75) is 13.3 Å². The van der Waals surface area contributed by atoms with E-state index in [0.29, 0.717) is 6.54 Å². The molecule has 0 fully saturated rings. The summed E-state index contributed by atoms with van der Waals surface area (Å²) >= 11 is 3.53. The minimum Gasteiger partial charge on any atom is -0.342 e. The highest BCUT2D eigenvalue weighted by Crippen LogP contribution is 2.30. The molecule has 0 radical (unpaired) electrons. The van der Waals surface area contributed by atoms with Gasteiger partial charge in [-0.25, -0.2) is 0 Å². The first-order chi connectivity index (χ1) is 9.26. The molecule has 2 rings (SSSR count). The Balaban J connectivity index is 2.43. The normalized spacial score (nSPS) is 10.5. The molecule has 0 aliphatic heterocycles. The molecule has 0 saturated heterocycles. The molecule has 0 spiro atoms. The molecular formula is C16H19BrN2. The maximum absolute atomic E-state index is 5.73. The molecule has 0 aromatic heterocycles. The molecule has 0 bridgehead atoms. The molecule has 0 heterocycles. The van der Waals surface area contributed by atoms with Gasteiger partial charge in [0.05, 0.1) is 0 Å². The number of nitrogens with zero attached hydrogens (tertiary/aromatic N) is 1. The van der Waals surface area contributed by atoms with E-state index < -0.39 is 0 Å².